The summed E-state index contributed by atoms with van der Waals surface area (Å²) >= 11 is 1.37. The summed E-state index contributed by atoms with van der Waals surface area (Å²) < 4.78 is 112. The highest BCUT2D eigenvalue weighted by Gasteiger charge is 2.55. The number of nitrogen functional groups attached to an aromatic ring is 1. The first-order chi connectivity index (χ1) is 52.2. The van der Waals surface area contributed by atoms with Gasteiger partial charge in [0.2, 0.25) is 45.5 Å². The number of hydrogen-bond acceptors (Lipinski definition) is 24. The third kappa shape index (κ3) is 22.7. The maximum absolute atomic E-state index is 16.1. The van der Waals surface area contributed by atoms with Crippen LogP contribution in [0, 0.1) is 17.0 Å². The molecule has 3 aromatic carbocycles. The number of methoxy groups -OCH3 is 1. The van der Waals surface area contributed by atoms with E-state index in [0.29, 0.717) is 200 Å². The number of sulfonamides is 1. The fourth-order valence-electron chi connectivity index (χ4n) is 13.2. The van der Waals surface area contributed by atoms with E-state index in [2.05, 4.69) is 35.2 Å². The number of amides is 5. The number of anilines is 2. The number of carbonyl (C=O) groups excluding carboxylic acids is 6. The Kier molecular flexibility index (Phi) is 30.3. The predicted molar refractivity (Wildman–Crippen MR) is 396 cm³/mol. The summed E-state index contributed by atoms with van der Waals surface area (Å²) in [6.45, 7) is 9.09. The van der Waals surface area contributed by atoms with Crippen molar-refractivity contribution in [1.29, 1.82) is 0 Å². The normalized spacial score (nSPS) is 14.5. The Morgan fingerprint density at radius 2 is 1.31 bits per heavy atom. The Labute approximate surface area is 629 Å². The number of nitrogens with zero attached hydrogens (tertiary/aromatic N) is 10. The van der Waals surface area contributed by atoms with E-state index in [4.69, 9.17) is 53.7 Å². The molecule has 1 aliphatic carbocycles. The van der Waals surface area contributed by atoms with Crippen molar-refractivity contribution < 1.29 is 88.6 Å². The summed E-state index contributed by atoms with van der Waals surface area (Å²) in [6.07, 6.45) is 6.53. The van der Waals surface area contributed by atoms with Crippen LogP contribution in [0.15, 0.2) is 67.0 Å². The number of carbonyl (C=O) groups is 6. The fraction of sp³-hybridized carbons (Fsp3) is 0.548. The van der Waals surface area contributed by atoms with E-state index in [9.17, 15) is 37.2 Å². The number of benzene rings is 3. The molecule has 4 aromatic heterocycles. The van der Waals surface area contributed by atoms with Gasteiger partial charge in [0, 0.05) is 105 Å². The largest absolute Gasteiger partial charge is 0.468 e. The molecule has 586 valence electrons. The highest BCUT2D eigenvalue weighted by molar-refractivity contribution is 7.92. The van der Waals surface area contributed by atoms with Gasteiger partial charge in [-0.1, -0.05) is 25.1 Å². The number of likely N-dealkylation sites (tertiary alicyclic amines) is 2. The Morgan fingerprint density at radius 1 is 0.704 bits per heavy atom. The van der Waals surface area contributed by atoms with E-state index >= 15 is 8.78 Å². The lowest BCUT2D eigenvalue weighted by molar-refractivity contribution is -0.152. The third-order valence-electron chi connectivity index (χ3n) is 18.8. The van der Waals surface area contributed by atoms with E-state index in [1.54, 1.807) is 64.8 Å². The van der Waals surface area contributed by atoms with Crippen molar-refractivity contribution >= 4 is 90.3 Å². The molecule has 0 unspecified atom stereocenters. The van der Waals surface area contributed by atoms with Crippen LogP contribution in [0.1, 0.15) is 80.8 Å². The quantitative estimate of drug-likeness (QED) is 0.0272. The van der Waals surface area contributed by atoms with Gasteiger partial charge in [0.15, 0.2) is 5.82 Å². The summed E-state index contributed by atoms with van der Waals surface area (Å²) in [5.41, 5.74) is 9.55. The summed E-state index contributed by atoms with van der Waals surface area (Å²) in [4.78, 5) is 95.3. The van der Waals surface area contributed by atoms with Crippen molar-refractivity contribution in [2.24, 2.45) is 12.5 Å². The maximum atomic E-state index is 16.1. The van der Waals surface area contributed by atoms with Crippen molar-refractivity contribution in [3.8, 4) is 33.0 Å². The van der Waals surface area contributed by atoms with Gasteiger partial charge in [-0.05, 0) is 74.1 Å². The third-order valence-corrected chi connectivity index (χ3v) is 21.5. The topological polar surface area (TPSA) is 366 Å². The zero-order valence-corrected chi connectivity index (χ0v) is 63.0. The number of esters is 1. The molecular weight excluding hydrogens is 1450 g/mol. The molecule has 6 heterocycles. The summed E-state index contributed by atoms with van der Waals surface area (Å²) in [6, 6.07) is 14.8. The number of aryl methyl sites for hydroxylation is 1. The lowest BCUT2D eigenvalue weighted by Gasteiger charge is -2.59. The van der Waals surface area contributed by atoms with E-state index in [1.165, 1.54) is 48.7 Å². The zero-order valence-electron chi connectivity index (χ0n) is 61.4. The molecular formula is C73H96F2N14O17S2. The highest BCUT2D eigenvalue weighted by Crippen LogP contribution is 2.57. The van der Waals surface area contributed by atoms with Gasteiger partial charge >= 0.3 is 5.97 Å². The Balaban J connectivity index is 0.499. The number of aromatic nitrogens is 7. The standard InChI is InChI=1S/C73H96F2N14O17S2/c1-5-38-108(96,97)84-56-10-6-9-53(67(56)75)69-70(57-14-18-78-72(76)81-57)107-71(82-69)49-15-20-87(21-16-49)63(93)17-22-99-24-26-101-28-30-103-32-34-105-36-37-106-35-33-104-31-29-102-27-25-100-23-19-77-60(90)12-13-62(92)88-47-73(48-88)41-51(42-73)68-66-52(54-40-59-50(39-55(54)74)43-80-86(59)3)8-7-11-58(66)89(83-68)46-64(94)85(2)45-61(91)79-44-65(95)98-4/h6-11,14,18,39-40,43,49,51,84H,5,12-13,15-17,19-38,41-42,44-48H2,1-4H3,(H,77,90)(H,79,91)(H2,76,78,81). The van der Waals surface area contributed by atoms with Crippen LogP contribution in [-0.4, -0.2) is 265 Å². The minimum absolute atomic E-state index is 0.00765. The molecule has 2 aliphatic heterocycles. The van der Waals surface area contributed by atoms with Crippen LogP contribution in [0.3, 0.4) is 0 Å². The van der Waals surface area contributed by atoms with Gasteiger partial charge in [0.1, 0.15) is 18.9 Å². The second-order valence-corrected chi connectivity index (χ2v) is 29.5. The molecule has 7 aromatic rings. The Hall–Kier alpha value is -8.78. The molecule has 1 spiro atoms. The summed E-state index contributed by atoms with van der Waals surface area (Å²) in [5, 5.41) is 16.6. The molecule has 2 saturated heterocycles. The molecule has 3 fully saturated rings. The van der Waals surface area contributed by atoms with Crippen LogP contribution in [0.2, 0.25) is 0 Å². The fourth-order valence-corrected chi connectivity index (χ4v) is 15.6. The number of nitrogens with one attached hydrogen (secondary N) is 3. The molecule has 5 amide bonds. The Bertz CT molecular complexity index is 4310. The average Bonchev–Trinajstić information content (AvgIpc) is 1.48. The van der Waals surface area contributed by atoms with Crippen molar-refractivity contribution in [3.63, 3.8) is 0 Å². The molecule has 31 nitrogen and oxygen atoms in total. The number of fused-ring (bicyclic) bond motifs is 2. The molecule has 0 bridgehead atoms. The van der Waals surface area contributed by atoms with Crippen molar-refractivity contribution in [2.45, 2.75) is 76.7 Å². The van der Waals surface area contributed by atoms with Gasteiger partial charge in [-0.25, -0.2) is 32.2 Å². The number of halogens is 2. The first kappa shape index (κ1) is 81.7. The number of nitrogens with two attached hydrogens (primary N) is 1. The predicted octanol–water partition coefficient (Wildman–Crippen LogP) is 5.46. The minimum atomic E-state index is -3.76. The summed E-state index contributed by atoms with van der Waals surface area (Å²) in [7, 11) is 0.720. The number of hydrogen-bond donors (Lipinski definition) is 4. The first-order valence-corrected chi connectivity index (χ1v) is 38.7. The minimum Gasteiger partial charge on any atom is -0.468 e. The van der Waals surface area contributed by atoms with Crippen LogP contribution < -0.4 is 21.1 Å². The average molecular weight is 1540 g/mol. The monoisotopic (exact) mass is 1540 g/mol. The lowest BCUT2D eigenvalue weighted by Crippen LogP contribution is -2.63. The van der Waals surface area contributed by atoms with Gasteiger partial charge in [-0.15, -0.1) is 11.3 Å². The molecule has 1 saturated carbocycles. The van der Waals surface area contributed by atoms with E-state index in [-0.39, 0.29) is 117 Å². The van der Waals surface area contributed by atoms with Gasteiger partial charge < -0.3 is 73.7 Å². The van der Waals surface area contributed by atoms with Crippen molar-refractivity contribution in [1.82, 2.24) is 59.8 Å². The molecule has 5 N–H and O–H groups in total. The lowest BCUT2D eigenvalue weighted by atomic mass is 9.56. The molecule has 3 aliphatic rings. The van der Waals surface area contributed by atoms with Crippen LogP contribution in [0.25, 0.3) is 54.8 Å². The first-order valence-electron chi connectivity index (χ1n) is 36.2. The second kappa shape index (κ2) is 40.1. The number of likely N-dealkylation sites (N-methyl/N-ethyl adjacent to an activating group) is 1. The molecule has 108 heavy (non-hydrogen) atoms. The van der Waals surface area contributed by atoms with E-state index in [1.807, 2.05) is 17.0 Å². The smallest absolute Gasteiger partial charge is 0.325 e. The number of piperidine rings is 1. The van der Waals surface area contributed by atoms with Crippen LogP contribution in [0.4, 0.5) is 20.4 Å². The van der Waals surface area contributed by atoms with Crippen molar-refractivity contribution in [3.05, 3.63) is 89.3 Å². The highest BCUT2D eigenvalue weighted by atomic mass is 32.2. The van der Waals surface area contributed by atoms with Crippen LogP contribution >= 0.6 is 11.3 Å². The second-order valence-electron chi connectivity index (χ2n) is 26.6. The van der Waals surface area contributed by atoms with Gasteiger partial charge in [-0.2, -0.15) is 10.2 Å². The summed E-state index contributed by atoms with van der Waals surface area (Å²) in [5.74, 6) is -3.30. The van der Waals surface area contributed by atoms with Crippen LogP contribution in [-0.2, 0) is 95.0 Å². The molecule has 0 atom stereocenters. The molecule has 35 heteroatoms. The molecule has 0 radical (unpaired) electrons. The van der Waals surface area contributed by atoms with Gasteiger partial charge in [-0.3, -0.25) is 42.9 Å². The van der Waals surface area contributed by atoms with Gasteiger partial charge in [0.05, 0.1) is 181 Å². The number of thiazole rings is 1. The SMILES string of the molecule is CCCS(=O)(=O)Nc1cccc(-c2nc(C3CCN(C(=O)CCOCCOCCOCCOCCOCCOCCOCCOCCNC(=O)CCC(=O)N4CC5(CC(c6nn(CC(=O)N(C)CC(=O)NCC(=O)OC)c7cccc(-c8cc9c(cnn9C)cc8F)c67)C5)C4)CC3)sc2-c2ccnc(N)n2)c1F. The van der Waals surface area contributed by atoms with Crippen LogP contribution in [0.5, 0.6) is 0 Å². The number of rotatable bonds is 45. The number of ether oxygens (including phenoxy) is 9. The zero-order chi connectivity index (χ0) is 76.6. The van der Waals surface area contributed by atoms with Crippen molar-refractivity contribution in [2.75, 3.05) is 182 Å². The molecule has 10 rings (SSSR count). The van der Waals surface area contributed by atoms with E-state index in [0.717, 1.165) is 10.5 Å². The van der Waals surface area contributed by atoms with Gasteiger partial charge in [0.25, 0.3) is 0 Å². The maximum Gasteiger partial charge on any atom is 0.325 e. The Morgan fingerprint density at radius 3 is 1.94 bits per heavy atom. The van der Waals surface area contributed by atoms with E-state index < -0.39 is 39.4 Å².